The molecular formula is C18H18N2O2. The molecule has 2 rings (SSSR count). The van der Waals surface area contributed by atoms with Crippen LogP contribution in [0, 0.1) is 11.8 Å². The van der Waals surface area contributed by atoms with Gasteiger partial charge in [0.15, 0.2) is 6.04 Å². The van der Waals surface area contributed by atoms with Gasteiger partial charge in [-0.25, -0.2) is 0 Å². The molecule has 0 saturated carbocycles. The lowest BCUT2D eigenvalue weighted by Crippen LogP contribution is -2.36. The summed E-state index contributed by atoms with van der Waals surface area (Å²) in [6, 6.07) is 16.3. The Morgan fingerprint density at radius 1 is 1.09 bits per heavy atom. The van der Waals surface area contributed by atoms with Gasteiger partial charge in [-0.15, -0.1) is 0 Å². The highest BCUT2D eigenvalue weighted by Crippen LogP contribution is 2.15. The van der Waals surface area contributed by atoms with Gasteiger partial charge in [0.1, 0.15) is 5.75 Å². The van der Waals surface area contributed by atoms with Crippen LogP contribution in [0.4, 0.5) is 5.69 Å². The molecule has 0 aromatic heterocycles. The van der Waals surface area contributed by atoms with Crippen molar-refractivity contribution < 1.29 is 9.53 Å². The fourth-order valence-electron chi connectivity index (χ4n) is 1.84. The lowest BCUT2D eigenvalue weighted by atomic mass is 10.2. The quantitative estimate of drug-likeness (QED) is 0.851. The molecule has 0 saturated heterocycles. The van der Waals surface area contributed by atoms with Crippen LogP contribution in [0.15, 0.2) is 54.6 Å². The molecule has 4 heteroatoms. The van der Waals surface area contributed by atoms with Gasteiger partial charge < -0.3 is 15.4 Å². The predicted octanol–water partition coefficient (Wildman–Crippen LogP) is 2.27. The third-order valence-corrected chi connectivity index (χ3v) is 3.04. The van der Waals surface area contributed by atoms with Crippen molar-refractivity contribution in [1.82, 2.24) is 5.32 Å². The number of ether oxygens (including phenoxy) is 1. The van der Waals surface area contributed by atoms with Crippen LogP contribution >= 0.6 is 0 Å². The molecule has 0 spiro atoms. The second-order valence-electron chi connectivity index (χ2n) is 4.56. The highest BCUT2D eigenvalue weighted by molar-refractivity contribution is 5.87. The average molecular weight is 294 g/mol. The van der Waals surface area contributed by atoms with E-state index in [2.05, 4.69) is 22.5 Å². The Morgan fingerprint density at radius 2 is 1.77 bits per heavy atom. The second-order valence-corrected chi connectivity index (χ2v) is 4.56. The molecule has 2 aromatic rings. The topological polar surface area (TPSA) is 50.4 Å². The zero-order valence-corrected chi connectivity index (χ0v) is 12.6. The maximum absolute atomic E-state index is 12.0. The first kappa shape index (κ1) is 15.5. The normalized spacial score (nSPS) is 10.8. The van der Waals surface area contributed by atoms with Crippen LogP contribution in [-0.2, 0) is 4.79 Å². The van der Waals surface area contributed by atoms with Gasteiger partial charge >= 0.3 is 0 Å². The minimum absolute atomic E-state index is 0.181. The van der Waals surface area contributed by atoms with Crippen molar-refractivity contribution in [2.45, 2.75) is 6.04 Å². The first-order valence-corrected chi connectivity index (χ1v) is 6.91. The SMILES string of the molecule is CNC(=O)[C@@H](C#Cc1ccccc1)Nc1ccc(OC)cc1. The summed E-state index contributed by atoms with van der Waals surface area (Å²) in [5.41, 5.74) is 1.67. The molecule has 0 aliphatic carbocycles. The smallest absolute Gasteiger partial charge is 0.254 e. The summed E-state index contributed by atoms with van der Waals surface area (Å²) in [6.07, 6.45) is 0. The van der Waals surface area contributed by atoms with Gasteiger partial charge in [0.25, 0.3) is 5.91 Å². The molecule has 0 aliphatic heterocycles. The van der Waals surface area contributed by atoms with E-state index in [4.69, 9.17) is 4.74 Å². The fourth-order valence-corrected chi connectivity index (χ4v) is 1.84. The summed E-state index contributed by atoms with van der Waals surface area (Å²) >= 11 is 0. The summed E-state index contributed by atoms with van der Waals surface area (Å²) in [7, 11) is 3.20. The molecular weight excluding hydrogens is 276 g/mol. The van der Waals surface area contributed by atoms with Crippen LogP contribution in [0.1, 0.15) is 5.56 Å². The summed E-state index contributed by atoms with van der Waals surface area (Å²) in [5.74, 6) is 6.54. The number of benzene rings is 2. The Balaban J connectivity index is 2.16. The summed E-state index contributed by atoms with van der Waals surface area (Å²) in [4.78, 5) is 12.0. The number of amides is 1. The highest BCUT2D eigenvalue weighted by atomic mass is 16.5. The molecule has 0 aliphatic rings. The molecule has 4 nitrogen and oxygen atoms in total. The number of likely N-dealkylation sites (N-methyl/N-ethyl adjacent to an activating group) is 1. The molecule has 0 heterocycles. The highest BCUT2D eigenvalue weighted by Gasteiger charge is 2.13. The molecule has 2 N–H and O–H groups in total. The van der Waals surface area contributed by atoms with Gasteiger partial charge in [-0.1, -0.05) is 30.0 Å². The van der Waals surface area contributed by atoms with Gasteiger partial charge in [-0.05, 0) is 36.4 Å². The van der Waals surface area contributed by atoms with Crippen LogP contribution in [0.2, 0.25) is 0 Å². The van der Waals surface area contributed by atoms with Crippen molar-refractivity contribution in [1.29, 1.82) is 0 Å². The van der Waals surface area contributed by atoms with E-state index in [1.165, 1.54) is 0 Å². The Bertz CT molecular complexity index is 670. The third-order valence-electron chi connectivity index (χ3n) is 3.04. The van der Waals surface area contributed by atoms with Crippen molar-refractivity contribution in [3.05, 3.63) is 60.2 Å². The number of methoxy groups -OCH3 is 1. The van der Waals surface area contributed by atoms with Gasteiger partial charge in [0.2, 0.25) is 0 Å². The van der Waals surface area contributed by atoms with Crippen LogP contribution in [0.3, 0.4) is 0 Å². The summed E-state index contributed by atoms with van der Waals surface area (Å²) in [5, 5.41) is 5.73. The number of hydrogen-bond acceptors (Lipinski definition) is 3. The molecule has 2 aromatic carbocycles. The molecule has 0 bridgehead atoms. The minimum Gasteiger partial charge on any atom is -0.497 e. The average Bonchev–Trinajstić information content (AvgIpc) is 2.59. The molecule has 0 radical (unpaired) electrons. The summed E-state index contributed by atoms with van der Waals surface area (Å²) < 4.78 is 5.11. The number of hydrogen-bond donors (Lipinski definition) is 2. The number of anilines is 1. The van der Waals surface area contributed by atoms with E-state index in [1.807, 2.05) is 54.6 Å². The Morgan fingerprint density at radius 3 is 2.36 bits per heavy atom. The van der Waals surface area contributed by atoms with Gasteiger partial charge in [-0.2, -0.15) is 0 Å². The maximum Gasteiger partial charge on any atom is 0.254 e. The molecule has 22 heavy (non-hydrogen) atoms. The van der Waals surface area contributed by atoms with E-state index < -0.39 is 6.04 Å². The van der Waals surface area contributed by atoms with E-state index in [1.54, 1.807) is 14.2 Å². The standard InChI is InChI=1S/C18H18N2O2/c1-19-18(21)17(13-8-14-6-4-3-5-7-14)20-15-9-11-16(22-2)12-10-15/h3-7,9-12,17,20H,1-2H3,(H,19,21)/t17-/m1/s1. The van der Waals surface area contributed by atoms with E-state index in [9.17, 15) is 4.79 Å². The van der Waals surface area contributed by atoms with Crippen molar-refractivity contribution >= 4 is 11.6 Å². The minimum atomic E-state index is -0.626. The lowest BCUT2D eigenvalue weighted by Gasteiger charge is -2.13. The molecule has 0 unspecified atom stereocenters. The first-order chi connectivity index (χ1) is 10.7. The van der Waals surface area contributed by atoms with Crippen LogP contribution < -0.4 is 15.4 Å². The van der Waals surface area contributed by atoms with Gasteiger partial charge in [0.05, 0.1) is 7.11 Å². The van der Waals surface area contributed by atoms with E-state index in [0.29, 0.717) is 0 Å². The Kier molecular flexibility index (Phi) is 5.44. The van der Waals surface area contributed by atoms with E-state index >= 15 is 0 Å². The zero-order chi connectivity index (χ0) is 15.8. The second kappa shape index (κ2) is 7.75. The number of carbonyl (C=O) groups is 1. The third kappa shape index (κ3) is 4.29. The van der Waals surface area contributed by atoms with Crippen molar-refractivity contribution in [3.63, 3.8) is 0 Å². The Hall–Kier alpha value is -2.93. The maximum atomic E-state index is 12.0. The number of nitrogens with one attached hydrogen (secondary N) is 2. The van der Waals surface area contributed by atoms with Crippen LogP contribution in [-0.4, -0.2) is 26.1 Å². The van der Waals surface area contributed by atoms with E-state index in [-0.39, 0.29) is 5.91 Å². The van der Waals surface area contributed by atoms with E-state index in [0.717, 1.165) is 17.0 Å². The van der Waals surface area contributed by atoms with Crippen LogP contribution in [0.5, 0.6) is 5.75 Å². The molecule has 1 atom stereocenters. The number of carbonyl (C=O) groups excluding carboxylic acids is 1. The predicted molar refractivity (Wildman–Crippen MR) is 87.8 cm³/mol. The van der Waals surface area contributed by atoms with Crippen molar-refractivity contribution in [2.75, 3.05) is 19.5 Å². The summed E-state index contributed by atoms with van der Waals surface area (Å²) in [6.45, 7) is 0. The molecule has 112 valence electrons. The number of rotatable bonds is 4. The molecule has 1 amide bonds. The van der Waals surface area contributed by atoms with Crippen molar-refractivity contribution in [2.24, 2.45) is 0 Å². The Labute approximate surface area is 130 Å². The monoisotopic (exact) mass is 294 g/mol. The molecule has 0 fully saturated rings. The van der Waals surface area contributed by atoms with Crippen LogP contribution in [0.25, 0.3) is 0 Å². The lowest BCUT2D eigenvalue weighted by molar-refractivity contribution is -0.120. The van der Waals surface area contributed by atoms with Gasteiger partial charge in [-0.3, -0.25) is 4.79 Å². The van der Waals surface area contributed by atoms with Crippen molar-refractivity contribution in [3.8, 4) is 17.6 Å². The van der Waals surface area contributed by atoms with Gasteiger partial charge in [0, 0.05) is 18.3 Å². The first-order valence-electron chi connectivity index (χ1n) is 6.91. The largest absolute Gasteiger partial charge is 0.497 e. The zero-order valence-electron chi connectivity index (χ0n) is 12.6. The fraction of sp³-hybridized carbons (Fsp3) is 0.167.